The first kappa shape index (κ1) is 18.9. The number of amides is 1. The van der Waals surface area contributed by atoms with E-state index in [4.69, 9.17) is 4.42 Å². The summed E-state index contributed by atoms with van der Waals surface area (Å²) in [6.45, 7) is 6.22. The molecule has 1 fully saturated rings. The summed E-state index contributed by atoms with van der Waals surface area (Å²) >= 11 is 1.48. The maximum atomic E-state index is 12.7. The molecule has 2 aromatic heterocycles. The van der Waals surface area contributed by atoms with E-state index in [1.54, 1.807) is 24.3 Å². The predicted molar refractivity (Wildman–Crippen MR) is 109 cm³/mol. The number of fused-ring (bicyclic) bond motifs is 1. The number of piperazine rings is 1. The second kappa shape index (κ2) is 6.89. The number of hydrogen-bond acceptors (Lipinski definition) is 7. The Morgan fingerprint density at radius 1 is 1.14 bits per heavy atom. The van der Waals surface area contributed by atoms with Crippen molar-refractivity contribution in [3.05, 3.63) is 41.3 Å². The molecule has 0 saturated carbocycles. The first-order chi connectivity index (χ1) is 13.2. The van der Waals surface area contributed by atoms with Gasteiger partial charge in [-0.1, -0.05) is 11.3 Å². The Hall–Kier alpha value is -2.39. The number of rotatable bonds is 3. The van der Waals surface area contributed by atoms with Gasteiger partial charge in [-0.25, -0.2) is 13.4 Å². The SMILES string of the molecule is Cc1cc(C(=O)N2CCN(c3nc4ccc(S(C)(=O)=O)cc4s3)CC2)c(C)o1. The summed E-state index contributed by atoms with van der Waals surface area (Å²) in [4.78, 5) is 21.6. The normalized spacial score (nSPS) is 15.4. The fourth-order valence-electron chi connectivity index (χ4n) is 3.37. The van der Waals surface area contributed by atoms with Crippen LogP contribution in [0, 0.1) is 13.8 Å². The van der Waals surface area contributed by atoms with E-state index in [0.717, 1.165) is 21.1 Å². The monoisotopic (exact) mass is 419 g/mol. The number of aromatic nitrogens is 1. The lowest BCUT2D eigenvalue weighted by Crippen LogP contribution is -2.48. The van der Waals surface area contributed by atoms with Gasteiger partial charge in [0.1, 0.15) is 11.5 Å². The van der Waals surface area contributed by atoms with Gasteiger partial charge in [-0.3, -0.25) is 4.79 Å². The zero-order valence-corrected chi connectivity index (χ0v) is 17.6. The van der Waals surface area contributed by atoms with E-state index in [-0.39, 0.29) is 5.91 Å². The van der Waals surface area contributed by atoms with Crippen LogP contribution in [0.5, 0.6) is 0 Å². The summed E-state index contributed by atoms with van der Waals surface area (Å²) in [5.41, 5.74) is 1.41. The summed E-state index contributed by atoms with van der Waals surface area (Å²) in [6.07, 6.45) is 1.20. The van der Waals surface area contributed by atoms with E-state index in [1.165, 1.54) is 17.6 Å². The first-order valence-corrected chi connectivity index (χ1v) is 11.6. The van der Waals surface area contributed by atoms with E-state index >= 15 is 0 Å². The van der Waals surface area contributed by atoms with Gasteiger partial charge in [0.25, 0.3) is 5.91 Å². The summed E-state index contributed by atoms with van der Waals surface area (Å²) in [5, 5.41) is 0.850. The largest absolute Gasteiger partial charge is 0.466 e. The van der Waals surface area contributed by atoms with Crippen LogP contribution in [-0.4, -0.2) is 56.6 Å². The fourth-order valence-corrected chi connectivity index (χ4v) is 5.15. The van der Waals surface area contributed by atoms with E-state index < -0.39 is 9.84 Å². The van der Waals surface area contributed by atoms with Crippen LogP contribution >= 0.6 is 11.3 Å². The van der Waals surface area contributed by atoms with Crippen LogP contribution in [0.2, 0.25) is 0 Å². The Morgan fingerprint density at radius 3 is 2.46 bits per heavy atom. The van der Waals surface area contributed by atoms with E-state index in [9.17, 15) is 13.2 Å². The van der Waals surface area contributed by atoms with Crippen molar-refractivity contribution in [2.45, 2.75) is 18.7 Å². The highest BCUT2D eigenvalue weighted by Gasteiger charge is 2.26. The van der Waals surface area contributed by atoms with Gasteiger partial charge < -0.3 is 14.2 Å². The molecule has 1 aliphatic heterocycles. The number of aryl methyl sites for hydroxylation is 2. The number of sulfone groups is 1. The van der Waals surface area contributed by atoms with Gasteiger partial charge in [0.2, 0.25) is 0 Å². The third-order valence-corrected chi connectivity index (χ3v) is 7.07. The number of furan rings is 1. The van der Waals surface area contributed by atoms with Crippen molar-refractivity contribution in [2.75, 3.05) is 37.3 Å². The molecular formula is C19H21N3O4S2. The van der Waals surface area contributed by atoms with Crippen molar-refractivity contribution >= 4 is 42.4 Å². The molecule has 7 nitrogen and oxygen atoms in total. The lowest BCUT2D eigenvalue weighted by atomic mass is 10.2. The standard InChI is InChI=1S/C19H21N3O4S2/c1-12-10-15(13(2)26-12)18(23)21-6-8-22(9-7-21)19-20-16-5-4-14(28(3,24)25)11-17(16)27-19/h4-5,10-11H,6-9H2,1-3H3. The Bertz CT molecular complexity index is 1160. The molecule has 9 heteroatoms. The highest BCUT2D eigenvalue weighted by molar-refractivity contribution is 7.90. The molecule has 0 N–H and O–H groups in total. The highest BCUT2D eigenvalue weighted by atomic mass is 32.2. The molecule has 0 aliphatic carbocycles. The second-order valence-corrected chi connectivity index (χ2v) is 10.0. The Labute approximate surface area is 167 Å². The third kappa shape index (κ3) is 3.51. The van der Waals surface area contributed by atoms with Crippen LogP contribution in [0.15, 0.2) is 33.6 Å². The van der Waals surface area contributed by atoms with Gasteiger partial charge in [0, 0.05) is 32.4 Å². The van der Waals surface area contributed by atoms with Crippen LogP contribution in [0.1, 0.15) is 21.9 Å². The molecule has 3 heterocycles. The number of hydrogen-bond donors (Lipinski definition) is 0. The number of carbonyl (C=O) groups is 1. The van der Waals surface area contributed by atoms with Gasteiger partial charge in [-0.15, -0.1) is 0 Å². The van der Waals surface area contributed by atoms with E-state index in [2.05, 4.69) is 9.88 Å². The first-order valence-electron chi connectivity index (χ1n) is 8.94. The third-order valence-electron chi connectivity index (χ3n) is 4.89. The molecule has 0 unspecified atom stereocenters. The van der Waals surface area contributed by atoms with Crippen molar-refractivity contribution in [1.29, 1.82) is 0 Å². The lowest BCUT2D eigenvalue weighted by Gasteiger charge is -2.34. The van der Waals surface area contributed by atoms with Gasteiger partial charge in [-0.05, 0) is 38.1 Å². The van der Waals surface area contributed by atoms with Crippen LogP contribution in [0.25, 0.3) is 10.2 Å². The van der Waals surface area contributed by atoms with Crippen molar-refractivity contribution in [2.24, 2.45) is 0 Å². The molecule has 1 aromatic carbocycles. The predicted octanol–water partition coefficient (Wildman–Crippen LogP) is 2.87. The molecule has 1 aliphatic rings. The van der Waals surface area contributed by atoms with Crippen molar-refractivity contribution in [3.63, 3.8) is 0 Å². The second-order valence-electron chi connectivity index (χ2n) is 7.00. The molecule has 0 bridgehead atoms. The van der Waals surface area contributed by atoms with Crippen molar-refractivity contribution < 1.29 is 17.6 Å². The van der Waals surface area contributed by atoms with Gasteiger partial charge in [0.15, 0.2) is 15.0 Å². The molecule has 1 amide bonds. The fraction of sp³-hybridized carbons (Fsp3) is 0.368. The van der Waals surface area contributed by atoms with Gasteiger partial charge in [-0.2, -0.15) is 0 Å². The minimum atomic E-state index is -3.24. The van der Waals surface area contributed by atoms with Gasteiger partial charge >= 0.3 is 0 Å². The molecule has 28 heavy (non-hydrogen) atoms. The molecule has 1 saturated heterocycles. The topological polar surface area (TPSA) is 83.7 Å². The average molecular weight is 420 g/mol. The Morgan fingerprint density at radius 2 is 1.86 bits per heavy atom. The zero-order valence-electron chi connectivity index (χ0n) is 15.9. The van der Waals surface area contributed by atoms with Crippen LogP contribution in [0.4, 0.5) is 5.13 Å². The number of carbonyl (C=O) groups excluding carboxylic acids is 1. The minimum Gasteiger partial charge on any atom is -0.466 e. The number of anilines is 1. The molecule has 3 aromatic rings. The van der Waals surface area contributed by atoms with Crippen molar-refractivity contribution in [3.8, 4) is 0 Å². The Balaban J connectivity index is 1.49. The molecule has 0 spiro atoms. The molecule has 4 rings (SSSR count). The van der Waals surface area contributed by atoms with E-state index in [0.29, 0.717) is 42.4 Å². The quantitative estimate of drug-likeness (QED) is 0.649. The van der Waals surface area contributed by atoms with Crippen LogP contribution < -0.4 is 4.90 Å². The number of thiazole rings is 1. The molecule has 0 atom stereocenters. The van der Waals surface area contributed by atoms with Gasteiger partial charge in [0.05, 0.1) is 20.7 Å². The average Bonchev–Trinajstić information content (AvgIpc) is 3.22. The summed E-state index contributed by atoms with van der Waals surface area (Å²) in [5.74, 6) is 1.39. The molecular weight excluding hydrogens is 398 g/mol. The minimum absolute atomic E-state index is 0.00362. The Kier molecular flexibility index (Phi) is 4.67. The van der Waals surface area contributed by atoms with Crippen molar-refractivity contribution in [1.82, 2.24) is 9.88 Å². The smallest absolute Gasteiger partial charge is 0.257 e. The summed E-state index contributed by atoms with van der Waals surface area (Å²) in [6, 6.07) is 6.80. The van der Waals surface area contributed by atoms with Crippen LogP contribution in [0.3, 0.4) is 0 Å². The maximum absolute atomic E-state index is 12.7. The summed E-state index contributed by atoms with van der Waals surface area (Å²) < 4.78 is 29.8. The number of benzene rings is 1. The van der Waals surface area contributed by atoms with E-state index in [1.807, 2.05) is 18.7 Å². The highest BCUT2D eigenvalue weighted by Crippen LogP contribution is 2.31. The van der Waals surface area contributed by atoms with Crippen LogP contribution in [-0.2, 0) is 9.84 Å². The number of nitrogens with zero attached hydrogens (tertiary/aromatic N) is 3. The lowest BCUT2D eigenvalue weighted by molar-refractivity contribution is 0.0745. The summed E-state index contributed by atoms with van der Waals surface area (Å²) in [7, 11) is -3.24. The molecule has 148 valence electrons. The molecule has 0 radical (unpaired) electrons. The zero-order chi connectivity index (χ0) is 20.1. The maximum Gasteiger partial charge on any atom is 0.257 e.